The number of ether oxygens (including phenoxy) is 1. The first kappa shape index (κ1) is 17.4. The summed E-state index contributed by atoms with van der Waals surface area (Å²) in [4.78, 5) is 11.5. The molecule has 2 aliphatic rings. The van der Waals surface area contributed by atoms with Gasteiger partial charge < -0.3 is 15.0 Å². The van der Waals surface area contributed by atoms with Gasteiger partial charge in [-0.3, -0.25) is 4.99 Å². The third kappa shape index (κ3) is 3.09. The lowest BCUT2D eigenvalue weighted by Gasteiger charge is -2.22. The summed E-state index contributed by atoms with van der Waals surface area (Å²) in [6, 6.07) is 4.08. The highest BCUT2D eigenvalue weighted by Crippen LogP contribution is 2.46. The maximum Gasteiger partial charge on any atom is 0.198 e. The van der Waals surface area contributed by atoms with E-state index in [-0.39, 0.29) is 5.75 Å². The molecule has 2 aromatic heterocycles. The topological polar surface area (TPSA) is 62.3 Å². The van der Waals surface area contributed by atoms with Crippen LogP contribution in [0.25, 0.3) is 11.0 Å². The standard InChI is InChI=1S/C20H17ClF2N4O/c21-12-8-25-19-17(12)15(1-4-24-19)28-18-13(22)5-11(6-14(18)23)7-16-26-9-20(2-3-20)10-27-16/h1,4-6,8H,2-3,7,9-10H2,(H,24,25)(H,26,27). The number of benzene rings is 1. The number of aromatic amines is 1. The van der Waals surface area contributed by atoms with E-state index in [0.29, 0.717) is 33.5 Å². The zero-order chi connectivity index (χ0) is 19.3. The molecule has 1 aromatic carbocycles. The molecule has 0 atom stereocenters. The van der Waals surface area contributed by atoms with Crippen molar-refractivity contribution in [2.24, 2.45) is 10.4 Å². The van der Waals surface area contributed by atoms with E-state index in [2.05, 4.69) is 20.3 Å². The summed E-state index contributed by atoms with van der Waals surface area (Å²) in [6.45, 7) is 1.67. The van der Waals surface area contributed by atoms with E-state index in [1.54, 1.807) is 6.20 Å². The Balaban J connectivity index is 1.40. The number of amidine groups is 1. The summed E-state index contributed by atoms with van der Waals surface area (Å²) < 4.78 is 34.8. The van der Waals surface area contributed by atoms with Gasteiger partial charge in [-0.15, -0.1) is 0 Å². The molecule has 1 spiro atoms. The molecule has 0 bridgehead atoms. The van der Waals surface area contributed by atoms with E-state index < -0.39 is 17.4 Å². The third-order valence-corrected chi connectivity index (χ3v) is 5.66. The number of H-pyrrole nitrogens is 1. The van der Waals surface area contributed by atoms with E-state index in [4.69, 9.17) is 16.3 Å². The van der Waals surface area contributed by atoms with E-state index >= 15 is 0 Å². The van der Waals surface area contributed by atoms with Gasteiger partial charge in [-0.05, 0) is 36.6 Å². The molecule has 1 saturated carbocycles. The highest BCUT2D eigenvalue weighted by Gasteiger charge is 2.44. The fraction of sp³-hybridized carbons (Fsp3) is 0.300. The molecule has 5 nitrogen and oxygen atoms in total. The minimum absolute atomic E-state index is 0.231. The zero-order valence-corrected chi connectivity index (χ0v) is 15.6. The van der Waals surface area contributed by atoms with Crippen molar-refractivity contribution in [3.63, 3.8) is 0 Å². The minimum Gasteiger partial charge on any atom is -0.450 e. The van der Waals surface area contributed by atoms with E-state index in [9.17, 15) is 8.78 Å². The predicted molar refractivity (Wildman–Crippen MR) is 103 cm³/mol. The molecule has 0 saturated heterocycles. The Labute approximate surface area is 164 Å². The Morgan fingerprint density at radius 2 is 2.00 bits per heavy atom. The van der Waals surface area contributed by atoms with E-state index in [1.807, 2.05) is 0 Å². The van der Waals surface area contributed by atoms with Gasteiger partial charge in [-0.25, -0.2) is 13.8 Å². The van der Waals surface area contributed by atoms with E-state index in [1.165, 1.54) is 37.2 Å². The average molecular weight is 403 g/mol. The molecular formula is C20H17ClF2N4O. The Morgan fingerprint density at radius 1 is 1.21 bits per heavy atom. The van der Waals surface area contributed by atoms with Gasteiger partial charge >= 0.3 is 0 Å². The number of nitrogens with zero attached hydrogens (tertiary/aromatic N) is 2. The number of aromatic nitrogens is 2. The summed E-state index contributed by atoms with van der Waals surface area (Å²) in [5.74, 6) is -1.03. The molecule has 5 rings (SSSR count). The zero-order valence-electron chi connectivity index (χ0n) is 14.9. The van der Waals surface area contributed by atoms with Crippen LogP contribution in [0.3, 0.4) is 0 Å². The first-order valence-electron chi connectivity index (χ1n) is 9.08. The van der Waals surface area contributed by atoms with Crippen molar-refractivity contribution in [1.29, 1.82) is 0 Å². The monoisotopic (exact) mass is 402 g/mol. The second-order valence-electron chi connectivity index (χ2n) is 7.45. The number of fused-ring (bicyclic) bond motifs is 1. The highest BCUT2D eigenvalue weighted by atomic mass is 35.5. The quantitative estimate of drug-likeness (QED) is 0.669. The van der Waals surface area contributed by atoms with Gasteiger partial charge in [0.1, 0.15) is 17.2 Å². The maximum absolute atomic E-state index is 14.6. The lowest BCUT2D eigenvalue weighted by atomic mass is 10.0. The van der Waals surface area contributed by atoms with Crippen molar-refractivity contribution in [3.05, 3.63) is 52.8 Å². The van der Waals surface area contributed by atoms with Crippen LogP contribution in [0, 0.1) is 17.0 Å². The molecule has 0 unspecified atom stereocenters. The van der Waals surface area contributed by atoms with Crippen molar-refractivity contribution < 1.29 is 13.5 Å². The van der Waals surface area contributed by atoms with Crippen molar-refractivity contribution >= 4 is 28.5 Å². The number of aliphatic imine (C=N–C) groups is 1. The van der Waals surface area contributed by atoms with Gasteiger partial charge in [-0.1, -0.05) is 11.6 Å². The molecule has 2 N–H and O–H groups in total. The van der Waals surface area contributed by atoms with Gasteiger partial charge in [0, 0.05) is 37.3 Å². The van der Waals surface area contributed by atoms with Crippen LogP contribution in [-0.2, 0) is 6.42 Å². The number of nitrogens with one attached hydrogen (secondary N) is 2. The summed E-state index contributed by atoms with van der Waals surface area (Å²) in [7, 11) is 0. The predicted octanol–water partition coefficient (Wildman–Crippen LogP) is 4.61. The number of hydrogen-bond donors (Lipinski definition) is 2. The average Bonchev–Trinajstić information content (AvgIpc) is 3.33. The molecule has 1 aliphatic carbocycles. The first-order valence-corrected chi connectivity index (χ1v) is 9.45. The fourth-order valence-electron chi connectivity index (χ4n) is 3.48. The SMILES string of the molecule is Fc1cc(CC2=NCC3(CC3)CN2)cc(F)c1Oc1ccnc2[nH]cc(Cl)c12. The van der Waals surface area contributed by atoms with Gasteiger partial charge in [0.25, 0.3) is 0 Å². The second-order valence-corrected chi connectivity index (χ2v) is 7.86. The van der Waals surface area contributed by atoms with E-state index in [0.717, 1.165) is 18.9 Å². The van der Waals surface area contributed by atoms with Crippen LogP contribution >= 0.6 is 11.6 Å². The van der Waals surface area contributed by atoms with Crippen molar-refractivity contribution in [2.45, 2.75) is 19.3 Å². The number of rotatable bonds is 4. The van der Waals surface area contributed by atoms with Gasteiger partial charge in [0.05, 0.1) is 10.4 Å². The first-order chi connectivity index (χ1) is 13.5. The van der Waals surface area contributed by atoms with Crippen LogP contribution < -0.4 is 10.1 Å². The summed E-state index contributed by atoms with van der Waals surface area (Å²) >= 11 is 6.12. The number of pyridine rings is 1. The normalized spacial score (nSPS) is 17.5. The number of hydrogen-bond acceptors (Lipinski definition) is 4. The molecule has 1 fully saturated rings. The van der Waals surface area contributed by atoms with Crippen molar-refractivity contribution in [1.82, 2.24) is 15.3 Å². The molecule has 3 heterocycles. The maximum atomic E-state index is 14.6. The second kappa shape index (κ2) is 6.44. The van der Waals surface area contributed by atoms with Gasteiger partial charge in [0.15, 0.2) is 17.4 Å². The van der Waals surface area contributed by atoms with Crippen LogP contribution in [0.4, 0.5) is 8.78 Å². The largest absolute Gasteiger partial charge is 0.450 e. The molecular weight excluding hydrogens is 386 g/mol. The van der Waals surface area contributed by atoms with Crippen molar-refractivity contribution in [2.75, 3.05) is 13.1 Å². The Bertz CT molecular complexity index is 1080. The Morgan fingerprint density at radius 3 is 2.68 bits per heavy atom. The fourth-order valence-corrected chi connectivity index (χ4v) is 3.72. The smallest absolute Gasteiger partial charge is 0.198 e. The Kier molecular flexibility index (Phi) is 4.01. The molecule has 0 amide bonds. The lowest BCUT2D eigenvalue weighted by Crippen LogP contribution is -2.37. The molecule has 144 valence electrons. The molecule has 0 radical (unpaired) electrons. The Hall–Kier alpha value is -2.67. The molecule has 8 heteroatoms. The van der Waals surface area contributed by atoms with Crippen LogP contribution in [0.1, 0.15) is 18.4 Å². The number of halogens is 3. The minimum atomic E-state index is -0.776. The van der Waals surface area contributed by atoms with Gasteiger partial charge in [0.2, 0.25) is 0 Å². The summed E-state index contributed by atoms with van der Waals surface area (Å²) in [5, 5.41) is 4.13. The molecule has 28 heavy (non-hydrogen) atoms. The van der Waals surface area contributed by atoms with Crippen molar-refractivity contribution in [3.8, 4) is 11.5 Å². The van der Waals surface area contributed by atoms with Crippen LogP contribution in [-0.4, -0.2) is 28.9 Å². The van der Waals surface area contributed by atoms with Crippen LogP contribution in [0.5, 0.6) is 11.5 Å². The van der Waals surface area contributed by atoms with Crippen LogP contribution in [0.15, 0.2) is 35.6 Å². The summed E-state index contributed by atoms with van der Waals surface area (Å²) in [5.41, 5.74) is 1.31. The third-order valence-electron chi connectivity index (χ3n) is 5.36. The van der Waals surface area contributed by atoms with Crippen LogP contribution in [0.2, 0.25) is 5.02 Å². The highest BCUT2D eigenvalue weighted by molar-refractivity contribution is 6.36. The lowest BCUT2D eigenvalue weighted by molar-refractivity contribution is 0.410. The summed E-state index contributed by atoms with van der Waals surface area (Å²) in [6.07, 6.45) is 5.77. The molecule has 1 aliphatic heterocycles. The molecule has 3 aromatic rings. The van der Waals surface area contributed by atoms with Gasteiger partial charge in [-0.2, -0.15) is 0 Å².